The molecule has 0 spiro atoms. The Morgan fingerprint density at radius 1 is 1.62 bits per heavy atom. The van der Waals surface area contributed by atoms with Crippen molar-refractivity contribution in [1.82, 2.24) is 0 Å². The Bertz CT molecular complexity index is 221. The van der Waals surface area contributed by atoms with Gasteiger partial charge in [0, 0.05) is 5.41 Å². The molecule has 0 aliphatic heterocycles. The smallest absolute Gasteiger partial charge is 0.0632 e. The highest BCUT2D eigenvalue weighted by Gasteiger charge is 2.60. The van der Waals surface area contributed by atoms with Crippen LogP contribution in [-0.2, 0) is 0 Å². The minimum Gasteiger partial charge on any atom is -0.392 e. The molecule has 1 N–H and O–H groups in total. The predicted octanol–water partition coefficient (Wildman–Crippen LogP) is 2.61. The number of hydrogen-bond donors (Lipinski definition) is 1. The lowest BCUT2D eigenvalue weighted by molar-refractivity contribution is -0.00258. The molecule has 4 atom stereocenters. The molecular weight excluding hydrogens is 160 g/mol. The van der Waals surface area contributed by atoms with Crippen LogP contribution in [0, 0.1) is 23.2 Å². The van der Waals surface area contributed by atoms with Gasteiger partial charge in [0.25, 0.3) is 0 Å². The first kappa shape index (κ1) is 9.26. The van der Waals surface area contributed by atoms with Crippen LogP contribution in [0.3, 0.4) is 0 Å². The predicted molar refractivity (Wildman–Crippen MR) is 54.3 cm³/mol. The third kappa shape index (κ3) is 1.17. The summed E-state index contributed by atoms with van der Waals surface area (Å²) in [6, 6.07) is 0. The molecule has 0 saturated heterocycles. The summed E-state index contributed by atoms with van der Waals surface area (Å²) in [5.74, 6) is 2.04. The minimum absolute atomic E-state index is 0.0597. The highest BCUT2D eigenvalue weighted by molar-refractivity contribution is 5.12. The van der Waals surface area contributed by atoms with E-state index in [0.29, 0.717) is 11.8 Å². The van der Waals surface area contributed by atoms with E-state index in [1.165, 1.54) is 12.8 Å². The maximum absolute atomic E-state index is 10.2. The van der Waals surface area contributed by atoms with Gasteiger partial charge in [0.2, 0.25) is 0 Å². The summed E-state index contributed by atoms with van der Waals surface area (Å²) in [5.41, 5.74) is 0.162. The maximum atomic E-state index is 10.2. The van der Waals surface area contributed by atoms with E-state index >= 15 is 0 Å². The number of aliphatic hydroxyl groups excluding tert-OH is 1. The molecule has 0 aromatic carbocycles. The number of aliphatic hydroxyl groups is 1. The van der Waals surface area contributed by atoms with Gasteiger partial charge in [-0.3, -0.25) is 0 Å². The minimum atomic E-state index is -0.0597. The quantitative estimate of drug-likeness (QED) is 0.662. The van der Waals surface area contributed by atoms with Crippen molar-refractivity contribution in [3.05, 3.63) is 12.7 Å². The van der Waals surface area contributed by atoms with Crippen molar-refractivity contribution >= 4 is 0 Å². The van der Waals surface area contributed by atoms with Gasteiger partial charge >= 0.3 is 0 Å². The number of rotatable bonds is 3. The van der Waals surface area contributed by atoms with Crippen molar-refractivity contribution in [2.75, 3.05) is 0 Å². The van der Waals surface area contributed by atoms with Crippen LogP contribution in [0.4, 0.5) is 0 Å². The van der Waals surface area contributed by atoms with Gasteiger partial charge in [0.15, 0.2) is 0 Å². The second-order valence-corrected chi connectivity index (χ2v) is 5.19. The average molecular weight is 180 g/mol. The number of allylic oxidation sites excluding steroid dienone is 1. The molecule has 0 aromatic heterocycles. The molecule has 0 aromatic rings. The van der Waals surface area contributed by atoms with Crippen molar-refractivity contribution in [2.24, 2.45) is 23.2 Å². The Hall–Kier alpha value is -0.300. The summed E-state index contributed by atoms with van der Waals surface area (Å²) in [7, 11) is 0. The van der Waals surface area contributed by atoms with Crippen LogP contribution in [0.25, 0.3) is 0 Å². The number of hydrogen-bond acceptors (Lipinski definition) is 1. The molecule has 1 nitrogen and oxygen atoms in total. The fourth-order valence-corrected chi connectivity index (χ4v) is 3.21. The molecule has 2 rings (SSSR count). The van der Waals surface area contributed by atoms with Crippen molar-refractivity contribution < 1.29 is 5.11 Å². The molecule has 13 heavy (non-hydrogen) atoms. The topological polar surface area (TPSA) is 20.2 Å². The molecule has 74 valence electrons. The van der Waals surface area contributed by atoms with Crippen LogP contribution in [0.15, 0.2) is 12.7 Å². The van der Waals surface area contributed by atoms with Gasteiger partial charge in [-0.1, -0.05) is 19.9 Å². The highest BCUT2D eigenvalue weighted by atomic mass is 16.3. The van der Waals surface area contributed by atoms with Crippen molar-refractivity contribution in [3.63, 3.8) is 0 Å². The first-order chi connectivity index (χ1) is 6.12. The Morgan fingerprint density at radius 3 is 2.69 bits per heavy atom. The lowest BCUT2D eigenvalue weighted by Crippen LogP contribution is -2.37. The van der Waals surface area contributed by atoms with Gasteiger partial charge in [-0.05, 0) is 37.0 Å². The molecule has 0 heterocycles. The summed E-state index contributed by atoms with van der Waals surface area (Å²) < 4.78 is 0. The summed E-state index contributed by atoms with van der Waals surface area (Å²) in [6.45, 7) is 8.28. The van der Waals surface area contributed by atoms with E-state index in [1.807, 2.05) is 6.08 Å². The first-order valence-corrected chi connectivity index (χ1v) is 5.41. The lowest BCUT2D eigenvalue weighted by Gasteiger charge is -2.38. The SMILES string of the molecule is C=CC[C@]1(C(C)C)C[C@H]2C[C@H]2[C@@H]1O. The molecular formula is C12H20O. The molecule has 2 aliphatic carbocycles. The van der Waals surface area contributed by atoms with E-state index in [1.54, 1.807) is 0 Å². The second kappa shape index (κ2) is 2.84. The average Bonchev–Trinajstić information content (AvgIpc) is 2.76. The van der Waals surface area contributed by atoms with E-state index in [2.05, 4.69) is 20.4 Å². The number of fused-ring (bicyclic) bond motifs is 1. The fraction of sp³-hybridized carbons (Fsp3) is 0.833. The summed E-state index contributed by atoms with van der Waals surface area (Å²) >= 11 is 0. The molecule has 2 fully saturated rings. The van der Waals surface area contributed by atoms with Gasteiger partial charge in [0.05, 0.1) is 6.10 Å². The zero-order valence-corrected chi connectivity index (χ0v) is 8.66. The Morgan fingerprint density at radius 2 is 2.31 bits per heavy atom. The van der Waals surface area contributed by atoms with Crippen LogP contribution in [0.2, 0.25) is 0 Å². The normalized spacial score (nSPS) is 47.8. The monoisotopic (exact) mass is 180 g/mol. The van der Waals surface area contributed by atoms with Crippen LogP contribution < -0.4 is 0 Å². The maximum Gasteiger partial charge on any atom is 0.0632 e. The second-order valence-electron chi connectivity index (χ2n) is 5.19. The standard InChI is InChI=1S/C12H20O/c1-4-5-12(8(2)3)7-9-6-10(9)11(12)13/h4,8-11,13H,1,5-7H2,2-3H3/t9-,10-,11+,12-/m1/s1. The van der Waals surface area contributed by atoms with Gasteiger partial charge in [-0.2, -0.15) is 0 Å². The zero-order valence-electron chi connectivity index (χ0n) is 8.66. The Labute approximate surface area is 80.8 Å². The summed E-state index contributed by atoms with van der Waals surface area (Å²) in [4.78, 5) is 0. The lowest BCUT2D eigenvalue weighted by atomic mass is 9.69. The fourth-order valence-electron chi connectivity index (χ4n) is 3.21. The molecule has 1 heteroatoms. The molecule has 0 unspecified atom stereocenters. The summed E-state index contributed by atoms with van der Waals surface area (Å²) in [6.07, 6.45) is 5.40. The molecule has 2 saturated carbocycles. The van der Waals surface area contributed by atoms with Crippen LogP contribution >= 0.6 is 0 Å². The molecule has 0 radical (unpaired) electrons. The van der Waals surface area contributed by atoms with Crippen LogP contribution in [0.5, 0.6) is 0 Å². The zero-order chi connectivity index (χ0) is 9.64. The van der Waals surface area contributed by atoms with E-state index in [9.17, 15) is 5.11 Å². The van der Waals surface area contributed by atoms with E-state index in [0.717, 1.165) is 12.3 Å². The third-order valence-electron chi connectivity index (χ3n) is 4.29. The van der Waals surface area contributed by atoms with Gasteiger partial charge < -0.3 is 5.11 Å². The highest BCUT2D eigenvalue weighted by Crippen LogP contribution is 2.63. The third-order valence-corrected chi connectivity index (χ3v) is 4.29. The van der Waals surface area contributed by atoms with Crippen LogP contribution in [-0.4, -0.2) is 11.2 Å². The first-order valence-electron chi connectivity index (χ1n) is 5.41. The Balaban J connectivity index is 2.18. The Kier molecular flexibility index (Phi) is 2.03. The van der Waals surface area contributed by atoms with E-state index < -0.39 is 0 Å². The molecule has 0 bridgehead atoms. The van der Waals surface area contributed by atoms with Crippen molar-refractivity contribution in [1.29, 1.82) is 0 Å². The van der Waals surface area contributed by atoms with Crippen LogP contribution in [0.1, 0.15) is 33.1 Å². The van der Waals surface area contributed by atoms with E-state index in [-0.39, 0.29) is 11.5 Å². The van der Waals surface area contributed by atoms with Crippen molar-refractivity contribution in [2.45, 2.75) is 39.2 Å². The molecule has 0 amide bonds. The van der Waals surface area contributed by atoms with Crippen molar-refractivity contribution in [3.8, 4) is 0 Å². The summed E-state index contributed by atoms with van der Waals surface area (Å²) in [5, 5.41) is 10.2. The largest absolute Gasteiger partial charge is 0.392 e. The van der Waals surface area contributed by atoms with Gasteiger partial charge in [0.1, 0.15) is 0 Å². The van der Waals surface area contributed by atoms with E-state index in [4.69, 9.17) is 0 Å². The molecule has 2 aliphatic rings. The van der Waals surface area contributed by atoms with Gasteiger partial charge in [-0.25, -0.2) is 0 Å². The van der Waals surface area contributed by atoms with Gasteiger partial charge in [-0.15, -0.1) is 6.58 Å².